The second kappa shape index (κ2) is 7.41. The van der Waals surface area contributed by atoms with E-state index in [1.807, 2.05) is 12.1 Å². The number of hydrogen-bond acceptors (Lipinski definition) is 6. The van der Waals surface area contributed by atoms with Gasteiger partial charge in [-0.2, -0.15) is 0 Å². The summed E-state index contributed by atoms with van der Waals surface area (Å²) in [6, 6.07) is 6.10. The predicted molar refractivity (Wildman–Crippen MR) is 97.1 cm³/mol. The number of benzene rings is 1. The Kier molecular flexibility index (Phi) is 5.46. The zero-order chi connectivity index (χ0) is 17.3. The highest BCUT2D eigenvalue weighted by Gasteiger charge is 2.42. The van der Waals surface area contributed by atoms with Gasteiger partial charge in [-0.1, -0.05) is 23.2 Å². The fourth-order valence-corrected chi connectivity index (χ4v) is 5.12. The Morgan fingerprint density at radius 3 is 2.33 bits per heavy atom. The molecule has 1 aromatic carbocycles. The Morgan fingerprint density at radius 1 is 1.21 bits per heavy atom. The van der Waals surface area contributed by atoms with Crippen LogP contribution in [0.25, 0.3) is 0 Å². The van der Waals surface area contributed by atoms with Gasteiger partial charge in [-0.05, 0) is 43.0 Å². The maximum Gasteiger partial charge on any atom is 0.271 e. The molecule has 2 bridgehead atoms. The number of amides is 1. The molecule has 2 aliphatic heterocycles. The Morgan fingerprint density at radius 2 is 1.79 bits per heavy atom. The van der Waals surface area contributed by atoms with Crippen LogP contribution < -0.4 is 17.0 Å². The minimum absolute atomic E-state index is 0.125. The Hall–Kier alpha value is -1.12. The number of halogens is 2. The summed E-state index contributed by atoms with van der Waals surface area (Å²) in [5.41, 5.74) is 8.17. The van der Waals surface area contributed by atoms with Gasteiger partial charge in [-0.15, -0.1) is 0 Å². The number of likely N-dealkylation sites (tertiary alicyclic amines) is 1. The number of piperazine rings is 1. The highest BCUT2D eigenvalue weighted by atomic mass is 35.5. The van der Waals surface area contributed by atoms with Crippen molar-refractivity contribution in [3.8, 4) is 0 Å². The first-order chi connectivity index (χ1) is 11.5. The van der Waals surface area contributed by atoms with Crippen LogP contribution in [0.1, 0.15) is 12.8 Å². The van der Waals surface area contributed by atoms with Gasteiger partial charge < -0.3 is 16.1 Å². The molecule has 1 amide bonds. The minimum Gasteiger partial charge on any atom is -0.393 e. The number of carbonyl (C=O) groups excluding carboxylic acids is 1. The van der Waals surface area contributed by atoms with E-state index in [9.17, 15) is 4.79 Å². The first kappa shape index (κ1) is 17.7. The molecule has 0 saturated carbocycles. The van der Waals surface area contributed by atoms with Crippen LogP contribution in [0.2, 0.25) is 10.0 Å². The highest BCUT2D eigenvalue weighted by molar-refractivity contribution is 7.97. The van der Waals surface area contributed by atoms with Gasteiger partial charge >= 0.3 is 0 Å². The molecule has 2 heterocycles. The molecule has 2 unspecified atom stereocenters. The van der Waals surface area contributed by atoms with Crippen molar-refractivity contribution in [2.24, 2.45) is 11.6 Å². The van der Waals surface area contributed by atoms with E-state index in [0.717, 1.165) is 17.7 Å². The maximum absolute atomic E-state index is 12.3. The summed E-state index contributed by atoms with van der Waals surface area (Å²) in [7, 11) is 0. The Balaban J connectivity index is 1.70. The zero-order valence-electron chi connectivity index (χ0n) is 12.9. The van der Waals surface area contributed by atoms with E-state index in [4.69, 9.17) is 34.8 Å². The average molecular weight is 388 g/mol. The molecular weight excluding hydrogens is 369 g/mol. The van der Waals surface area contributed by atoms with Crippen LogP contribution in [0.4, 0.5) is 0 Å². The van der Waals surface area contributed by atoms with Crippen molar-refractivity contribution >= 4 is 41.1 Å². The molecule has 2 atom stereocenters. The third kappa shape index (κ3) is 3.75. The number of rotatable bonds is 4. The lowest BCUT2D eigenvalue weighted by molar-refractivity contribution is -0.129. The summed E-state index contributed by atoms with van der Waals surface area (Å²) in [6.45, 7) is 1.30. The molecule has 0 radical (unpaired) electrons. The monoisotopic (exact) mass is 387 g/mol. The quantitative estimate of drug-likeness (QED) is 0.316. The van der Waals surface area contributed by atoms with E-state index >= 15 is 0 Å². The van der Waals surface area contributed by atoms with Gasteiger partial charge in [0.05, 0.1) is 0 Å². The second-order valence-electron chi connectivity index (χ2n) is 5.92. The number of nitrogens with zero attached hydrogens (tertiary/aromatic N) is 2. The third-order valence-corrected chi connectivity index (χ3v) is 5.93. The summed E-state index contributed by atoms with van der Waals surface area (Å²) in [4.78, 5) is 15.1. The van der Waals surface area contributed by atoms with Crippen LogP contribution >= 0.6 is 35.1 Å². The number of hydrazine groups is 1. The Bertz CT molecular complexity index is 637. The first-order valence-corrected chi connectivity index (χ1v) is 9.14. The number of nitrogens with two attached hydrogens (primary N) is 2. The van der Waals surface area contributed by atoms with Crippen molar-refractivity contribution in [2.75, 3.05) is 13.1 Å². The van der Waals surface area contributed by atoms with Crippen LogP contribution in [0.5, 0.6) is 0 Å². The SMILES string of the molecule is NN/C=C(\N)C(=O)N1CC2CCC(C1)N2Sc1cc(Cl)cc(Cl)c1. The van der Waals surface area contributed by atoms with Crippen LogP contribution in [-0.2, 0) is 4.79 Å². The summed E-state index contributed by atoms with van der Waals surface area (Å²) in [6.07, 6.45) is 3.42. The van der Waals surface area contributed by atoms with Gasteiger partial charge in [0, 0.05) is 46.3 Å². The molecule has 1 aromatic rings. The van der Waals surface area contributed by atoms with Gasteiger partial charge in [0.25, 0.3) is 5.91 Å². The van der Waals surface area contributed by atoms with Crippen LogP contribution in [-0.4, -0.2) is 40.3 Å². The molecule has 0 aliphatic carbocycles. The smallest absolute Gasteiger partial charge is 0.271 e. The predicted octanol–water partition coefficient (Wildman–Crippen LogP) is 1.94. The molecule has 0 spiro atoms. The molecule has 9 heteroatoms. The molecule has 6 nitrogen and oxygen atoms in total. The fourth-order valence-electron chi connectivity index (χ4n) is 3.22. The van der Waals surface area contributed by atoms with E-state index in [2.05, 4.69) is 9.73 Å². The second-order valence-corrected chi connectivity index (χ2v) is 7.87. The van der Waals surface area contributed by atoms with Crippen molar-refractivity contribution in [3.05, 3.63) is 40.1 Å². The number of nitrogens with one attached hydrogen (secondary N) is 1. The van der Waals surface area contributed by atoms with Gasteiger partial charge in [-0.3, -0.25) is 10.6 Å². The van der Waals surface area contributed by atoms with Gasteiger partial charge in [0.2, 0.25) is 0 Å². The molecule has 5 N–H and O–H groups in total. The topological polar surface area (TPSA) is 87.6 Å². The lowest BCUT2D eigenvalue weighted by Crippen LogP contribution is -2.53. The van der Waals surface area contributed by atoms with E-state index in [1.165, 1.54) is 6.20 Å². The lowest BCUT2D eigenvalue weighted by atomic mass is 10.2. The zero-order valence-corrected chi connectivity index (χ0v) is 15.2. The molecule has 2 aliphatic rings. The molecule has 24 heavy (non-hydrogen) atoms. The van der Waals surface area contributed by atoms with Crippen molar-refractivity contribution in [1.29, 1.82) is 0 Å². The van der Waals surface area contributed by atoms with Gasteiger partial charge in [-0.25, -0.2) is 4.31 Å². The largest absolute Gasteiger partial charge is 0.393 e. The third-order valence-electron chi connectivity index (χ3n) is 4.24. The standard InChI is InChI=1S/C15H19Cl2N5OS/c16-9-3-10(17)5-13(4-9)24-22-11-1-2-12(22)8-21(7-11)15(23)14(18)6-20-19/h3-6,11-12,20H,1-2,7-8,18-19H2/b14-6-. The lowest BCUT2D eigenvalue weighted by Gasteiger charge is -2.40. The summed E-state index contributed by atoms with van der Waals surface area (Å²) >= 11 is 13.8. The number of hydrogen-bond donors (Lipinski definition) is 3. The van der Waals surface area contributed by atoms with E-state index in [0.29, 0.717) is 23.1 Å². The maximum atomic E-state index is 12.3. The first-order valence-electron chi connectivity index (χ1n) is 7.61. The van der Waals surface area contributed by atoms with Crippen molar-refractivity contribution < 1.29 is 4.79 Å². The molecule has 0 aromatic heterocycles. The molecular formula is C15H19Cl2N5OS. The molecule has 2 saturated heterocycles. The summed E-state index contributed by atoms with van der Waals surface area (Å²) in [5.74, 6) is 5.01. The average Bonchev–Trinajstić information content (AvgIpc) is 2.75. The molecule has 2 fully saturated rings. The van der Waals surface area contributed by atoms with Crippen LogP contribution in [0.15, 0.2) is 35.0 Å². The minimum atomic E-state index is -0.180. The summed E-state index contributed by atoms with van der Waals surface area (Å²) in [5, 5.41) is 1.25. The van der Waals surface area contributed by atoms with Crippen LogP contribution in [0, 0.1) is 0 Å². The van der Waals surface area contributed by atoms with E-state index in [1.54, 1.807) is 22.9 Å². The Labute approximate surface area is 155 Å². The number of fused-ring (bicyclic) bond motifs is 2. The van der Waals surface area contributed by atoms with Crippen molar-refractivity contribution in [1.82, 2.24) is 14.6 Å². The molecule has 130 valence electrons. The van der Waals surface area contributed by atoms with Crippen LogP contribution in [0.3, 0.4) is 0 Å². The van der Waals surface area contributed by atoms with Gasteiger partial charge in [0.15, 0.2) is 0 Å². The fraction of sp³-hybridized carbons (Fsp3) is 0.400. The van der Waals surface area contributed by atoms with E-state index < -0.39 is 0 Å². The molecule has 3 rings (SSSR count). The highest BCUT2D eigenvalue weighted by Crippen LogP contribution is 2.40. The van der Waals surface area contributed by atoms with Gasteiger partial charge in [0.1, 0.15) is 5.70 Å². The normalized spacial score (nSPS) is 24.3. The summed E-state index contributed by atoms with van der Waals surface area (Å²) < 4.78 is 2.35. The number of carbonyl (C=O) groups is 1. The van der Waals surface area contributed by atoms with Crippen molar-refractivity contribution in [2.45, 2.75) is 29.8 Å². The van der Waals surface area contributed by atoms with E-state index in [-0.39, 0.29) is 23.7 Å². The van der Waals surface area contributed by atoms with Crippen molar-refractivity contribution in [3.63, 3.8) is 0 Å².